The first-order valence-electron chi connectivity index (χ1n) is 11.6. The van der Waals surface area contributed by atoms with Crippen LogP contribution in [-0.2, 0) is 0 Å². The Labute approximate surface area is 211 Å². The normalized spacial score (nSPS) is 13.2. The summed E-state index contributed by atoms with van der Waals surface area (Å²) in [7, 11) is -4.04. The Bertz CT molecular complexity index is 719. The van der Waals surface area contributed by atoms with Crippen molar-refractivity contribution in [1.29, 1.82) is 0 Å². The predicted molar refractivity (Wildman–Crippen MR) is 163 cm³/mol. The molecule has 2 rings (SSSR count). The molecule has 0 nitrogen and oxygen atoms in total. The van der Waals surface area contributed by atoms with Crippen LogP contribution in [-0.4, -0.2) is 66.2 Å². The van der Waals surface area contributed by atoms with E-state index in [1.54, 1.807) is 0 Å². The molecular formula is C24H46Si6Sn. The molecule has 0 aliphatic heterocycles. The zero-order chi connectivity index (χ0) is 24.1. The van der Waals surface area contributed by atoms with Crippen molar-refractivity contribution >= 4 is 73.4 Å². The van der Waals surface area contributed by atoms with Gasteiger partial charge in [0.1, 0.15) is 0 Å². The average molecular weight is 622 g/mol. The van der Waals surface area contributed by atoms with Gasteiger partial charge in [-0.2, -0.15) is 0 Å². The van der Waals surface area contributed by atoms with Gasteiger partial charge in [0.15, 0.2) is 0 Å². The van der Waals surface area contributed by atoms with E-state index in [0.29, 0.717) is 0 Å². The molecule has 0 aromatic heterocycles. The van der Waals surface area contributed by atoms with Crippen LogP contribution in [0.2, 0.25) is 78.6 Å². The number of hydrogen-bond acceptors (Lipinski definition) is 0. The van der Waals surface area contributed by atoms with Crippen LogP contribution >= 0.6 is 0 Å². The number of rotatable bonds is 7. The second kappa shape index (κ2) is 11.8. The van der Waals surface area contributed by atoms with Crippen molar-refractivity contribution in [2.45, 2.75) is 78.6 Å². The molecule has 31 heavy (non-hydrogen) atoms. The third-order valence-electron chi connectivity index (χ3n) is 9.02. The molecule has 0 aliphatic carbocycles. The van der Waals surface area contributed by atoms with E-state index in [9.17, 15) is 0 Å². The first kappa shape index (κ1) is 29.6. The van der Waals surface area contributed by atoms with Gasteiger partial charge in [0.2, 0.25) is 0 Å². The summed E-state index contributed by atoms with van der Waals surface area (Å²) in [5, 5.41) is 0. The summed E-state index contributed by atoms with van der Waals surface area (Å²) in [5.41, 5.74) is 0. The maximum absolute atomic E-state index is 2.81. The molecule has 4 radical (unpaired) electrons. The van der Waals surface area contributed by atoms with Gasteiger partial charge in [-0.15, -0.1) is 0 Å². The molecule has 0 atom stereocenters. The molecule has 0 spiro atoms. The fourth-order valence-corrected chi connectivity index (χ4v) is 134. The Morgan fingerprint density at radius 3 is 0.968 bits per heavy atom. The summed E-state index contributed by atoms with van der Waals surface area (Å²) in [6, 6.07) is 21.6. The SMILES string of the molecule is C[Si](C)[Si](C)(C)[Si](C)(C)[Si](C)(C)[Si](C)(C)[Si](C)C.c1cc[c]([Sn][c]2ccccc2)cc1. The topological polar surface area (TPSA) is 0 Å². The van der Waals surface area contributed by atoms with Crippen LogP contribution in [0.15, 0.2) is 60.7 Å². The third-order valence-corrected chi connectivity index (χ3v) is 120. The van der Waals surface area contributed by atoms with Crippen LogP contribution in [0.5, 0.6) is 0 Å². The minimum atomic E-state index is -1.01. The first-order valence-corrected chi connectivity index (χ1v) is 36.4. The van der Waals surface area contributed by atoms with Crippen LogP contribution in [0.4, 0.5) is 0 Å². The monoisotopic (exact) mass is 622 g/mol. The summed E-state index contributed by atoms with van der Waals surface area (Å²) in [5.74, 6) is 0. The van der Waals surface area contributed by atoms with Crippen molar-refractivity contribution in [1.82, 2.24) is 0 Å². The molecule has 0 aliphatic rings. The van der Waals surface area contributed by atoms with Gasteiger partial charge in [0, 0.05) is 45.1 Å². The van der Waals surface area contributed by atoms with Crippen LogP contribution in [0.1, 0.15) is 0 Å². The molecule has 0 heterocycles. The summed E-state index contributed by atoms with van der Waals surface area (Å²) in [6.45, 7) is 32.7. The standard InChI is InChI=1S/C12H36Si6.2C6H5.Sn/c1-13(2)15(5,6)17(9,10)18(11,12)16(7,8)14(3)4;2*1-2-4-6-5-3-1;/h1-12H3;2*1-5H;. The van der Waals surface area contributed by atoms with Gasteiger partial charge in [-0.1, -0.05) is 78.6 Å². The number of benzene rings is 2. The van der Waals surface area contributed by atoms with Crippen molar-refractivity contribution < 1.29 is 0 Å². The first-order chi connectivity index (χ1) is 14.1. The van der Waals surface area contributed by atoms with E-state index in [0.717, 1.165) is 0 Å². The molecule has 7 heteroatoms. The van der Waals surface area contributed by atoms with Crippen molar-refractivity contribution in [3.8, 4) is 0 Å². The van der Waals surface area contributed by atoms with Crippen molar-refractivity contribution in [3.05, 3.63) is 60.7 Å². The molecule has 2 aromatic rings. The molecule has 170 valence electrons. The minimum absolute atomic E-state index is 0.0662. The van der Waals surface area contributed by atoms with Gasteiger partial charge in [0.25, 0.3) is 0 Å². The van der Waals surface area contributed by atoms with Gasteiger partial charge in [-0.3, -0.25) is 0 Å². The van der Waals surface area contributed by atoms with Gasteiger partial charge in [-0.25, -0.2) is 0 Å². The van der Waals surface area contributed by atoms with Crippen LogP contribution in [0.3, 0.4) is 0 Å². The van der Waals surface area contributed by atoms with Crippen molar-refractivity contribution in [2.75, 3.05) is 0 Å². The molecule has 0 amide bonds. The van der Waals surface area contributed by atoms with Crippen molar-refractivity contribution in [2.24, 2.45) is 0 Å². The fourth-order valence-electron chi connectivity index (χ4n) is 4.02. The van der Waals surface area contributed by atoms with Crippen LogP contribution in [0.25, 0.3) is 0 Å². The van der Waals surface area contributed by atoms with Gasteiger partial charge >= 0.3 is 89.0 Å². The second-order valence-electron chi connectivity index (χ2n) is 11.4. The zero-order valence-corrected chi connectivity index (χ0v) is 31.1. The summed E-state index contributed by atoms with van der Waals surface area (Å²) in [6.07, 6.45) is 0. The average Bonchev–Trinajstić information content (AvgIpc) is 2.69. The molecule has 2 aromatic carbocycles. The maximum atomic E-state index is 2.81. The Kier molecular flexibility index (Phi) is 11.2. The zero-order valence-electron chi connectivity index (χ0n) is 22.3. The summed E-state index contributed by atoms with van der Waals surface area (Å²) < 4.78 is 3.08. The van der Waals surface area contributed by atoms with Crippen LogP contribution < -0.4 is 7.16 Å². The third kappa shape index (κ3) is 7.02. The Morgan fingerprint density at radius 2 is 0.742 bits per heavy atom. The molecule has 0 N–H and O–H groups in total. The quantitative estimate of drug-likeness (QED) is 0.330. The van der Waals surface area contributed by atoms with E-state index in [-0.39, 0.29) is 16.6 Å². The summed E-state index contributed by atoms with van der Waals surface area (Å²) in [4.78, 5) is 0. The fraction of sp³-hybridized carbons (Fsp3) is 0.500. The molecule has 0 unspecified atom stereocenters. The van der Waals surface area contributed by atoms with Gasteiger partial charge in [-0.05, 0) is 0 Å². The molecule has 0 saturated carbocycles. The molecule has 0 bridgehead atoms. The summed E-state index contributed by atoms with van der Waals surface area (Å²) >= 11 is -0.517. The van der Waals surface area contributed by atoms with E-state index in [2.05, 4.69) is 139 Å². The van der Waals surface area contributed by atoms with Gasteiger partial charge < -0.3 is 0 Å². The Balaban J connectivity index is 0.000000323. The van der Waals surface area contributed by atoms with Gasteiger partial charge in [0.05, 0.1) is 0 Å². The number of hydrogen-bond donors (Lipinski definition) is 0. The Morgan fingerprint density at radius 1 is 0.484 bits per heavy atom. The van der Waals surface area contributed by atoms with E-state index in [1.807, 2.05) is 0 Å². The van der Waals surface area contributed by atoms with E-state index in [4.69, 9.17) is 0 Å². The second-order valence-corrected chi connectivity index (χ2v) is 74.4. The van der Waals surface area contributed by atoms with E-state index in [1.165, 1.54) is 7.16 Å². The van der Waals surface area contributed by atoms with Crippen LogP contribution in [0, 0.1) is 0 Å². The van der Waals surface area contributed by atoms with E-state index >= 15 is 0 Å². The Hall–Kier alpha value is 0.540. The molecule has 0 fully saturated rings. The van der Waals surface area contributed by atoms with E-state index < -0.39 is 49.6 Å². The van der Waals surface area contributed by atoms with Crippen molar-refractivity contribution in [3.63, 3.8) is 0 Å². The molecular weight excluding hydrogens is 575 g/mol. The molecule has 0 saturated heterocycles. The predicted octanol–water partition coefficient (Wildman–Crippen LogP) is 6.06.